The number of hydrogen-bond donors (Lipinski definition) is 2. The Labute approximate surface area is 79.3 Å². The van der Waals surface area contributed by atoms with Crippen LogP contribution < -0.4 is 5.32 Å². The highest BCUT2D eigenvalue weighted by Gasteiger charge is 2.05. The van der Waals surface area contributed by atoms with Gasteiger partial charge in [-0.1, -0.05) is 27.7 Å². The summed E-state index contributed by atoms with van der Waals surface area (Å²) >= 11 is 0. The molecule has 0 spiro atoms. The fourth-order valence-corrected chi connectivity index (χ4v) is 0.497. The molecule has 4 heteroatoms. The minimum absolute atomic E-state index is 0.0154. The quantitative estimate of drug-likeness (QED) is 0.699. The molecule has 0 unspecified atom stereocenters. The van der Waals surface area contributed by atoms with Crippen molar-refractivity contribution in [1.82, 2.24) is 5.32 Å². The minimum atomic E-state index is -0.894. The second kappa shape index (κ2) is 9.03. The molecule has 4 nitrogen and oxygen atoms in total. The van der Waals surface area contributed by atoms with Crippen LogP contribution in [0, 0.1) is 5.92 Å². The molecule has 0 rings (SSSR count). The smallest absolute Gasteiger partial charge is 0.305 e. The monoisotopic (exact) mass is 189 g/mol. The van der Waals surface area contributed by atoms with Gasteiger partial charge in [-0.05, 0) is 0 Å². The topological polar surface area (TPSA) is 66.4 Å². The Bertz CT molecular complexity index is 155. The van der Waals surface area contributed by atoms with Crippen LogP contribution in [0.4, 0.5) is 0 Å². The lowest BCUT2D eigenvalue weighted by Gasteiger charge is -2.04. The summed E-state index contributed by atoms with van der Waals surface area (Å²) in [6.45, 7) is 7.73. The summed E-state index contributed by atoms with van der Waals surface area (Å²) < 4.78 is 0. The molecular formula is C9H19NO3. The zero-order valence-electron chi connectivity index (χ0n) is 8.76. The average molecular weight is 189 g/mol. The highest BCUT2D eigenvalue weighted by molar-refractivity contribution is 5.78. The number of amides is 1. The summed E-state index contributed by atoms with van der Waals surface area (Å²) in [5.41, 5.74) is 0. The molecule has 0 aromatic heterocycles. The molecule has 0 saturated heterocycles. The van der Waals surface area contributed by atoms with Gasteiger partial charge in [0.1, 0.15) is 0 Å². The first kappa shape index (κ1) is 14.5. The van der Waals surface area contributed by atoms with E-state index < -0.39 is 5.97 Å². The highest BCUT2D eigenvalue weighted by atomic mass is 16.4. The molecular weight excluding hydrogens is 170 g/mol. The zero-order chi connectivity index (χ0) is 10.9. The van der Waals surface area contributed by atoms with Crippen molar-refractivity contribution in [2.24, 2.45) is 5.92 Å². The van der Waals surface area contributed by atoms with E-state index >= 15 is 0 Å². The van der Waals surface area contributed by atoms with Crippen molar-refractivity contribution in [1.29, 1.82) is 0 Å². The van der Waals surface area contributed by atoms with E-state index in [0.29, 0.717) is 0 Å². The Morgan fingerprint density at radius 2 is 1.77 bits per heavy atom. The van der Waals surface area contributed by atoms with Crippen LogP contribution in [0.1, 0.15) is 34.1 Å². The Morgan fingerprint density at radius 1 is 1.31 bits per heavy atom. The third kappa shape index (κ3) is 10.9. The van der Waals surface area contributed by atoms with Crippen LogP contribution in [-0.4, -0.2) is 23.5 Å². The van der Waals surface area contributed by atoms with E-state index in [9.17, 15) is 9.59 Å². The predicted octanol–water partition coefficient (Wildman–Crippen LogP) is 1.26. The van der Waals surface area contributed by atoms with Gasteiger partial charge in [0.2, 0.25) is 5.91 Å². The van der Waals surface area contributed by atoms with Crippen molar-refractivity contribution in [2.75, 3.05) is 6.54 Å². The second-order valence-corrected chi connectivity index (χ2v) is 2.59. The SMILES string of the molecule is CC.CC(C)C(=O)NCCC(=O)O. The molecule has 1 amide bonds. The van der Waals surface area contributed by atoms with Crippen molar-refractivity contribution in [2.45, 2.75) is 34.1 Å². The van der Waals surface area contributed by atoms with Crippen molar-refractivity contribution in [3.05, 3.63) is 0 Å². The third-order valence-corrected chi connectivity index (χ3v) is 1.16. The van der Waals surface area contributed by atoms with Gasteiger partial charge in [0.25, 0.3) is 0 Å². The van der Waals surface area contributed by atoms with Gasteiger partial charge in [-0.2, -0.15) is 0 Å². The van der Waals surface area contributed by atoms with Crippen molar-refractivity contribution < 1.29 is 14.7 Å². The Balaban J connectivity index is 0. The van der Waals surface area contributed by atoms with Crippen LogP contribution >= 0.6 is 0 Å². The summed E-state index contributed by atoms with van der Waals surface area (Å²) in [6, 6.07) is 0. The molecule has 0 radical (unpaired) electrons. The fraction of sp³-hybridized carbons (Fsp3) is 0.778. The number of carbonyl (C=O) groups is 2. The van der Waals surface area contributed by atoms with Crippen LogP contribution in [0.25, 0.3) is 0 Å². The van der Waals surface area contributed by atoms with E-state index in [1.54, 1.807) is 13.8 Å². The van der Waals surface area contributed by atoms with Gasteiger partial charge >= 0.3 is 5.97 Å². The van der Waals surface area contributed by atoms with Gasteiger partial charge in [-0.25, -0.2) is 0 Å². The number of aliphatic carboxylic acids is 1. The van der Waals surface area contributed by atoms with Gasteiger partial charge in [0.05, 0.1) is 6.42 Å². The summed E-state index contributed by atoms with van der Waals surface area (Å²) in [7, 11) is 0. The van der Waals surface area contributed by atoms with E-state index in [0.717, 1.165) is 0 Å². The molecule has 0 aliphatic carbocycles. The summed E-state index contributed by atoms with van der Waals surface area (Å²) in [4.78, 5) is 20.8. The first-order valence-corrected chi connectivity index (χ1v) is 4.53. The molecule has 0 aromatic rings. The van der Waals surface area contributed by atoms with Gasteiger partial charge in [-0.3, -0.25) is 9.59 Å². The lowest BCUT2D eigenvalue weighted by atomic mass is 10.2. The van der Waals surface area contributed by atoms with Crippen LogP contribution in [-0.2, 0) is 9.59 Å². The standard InChI is InChI=1S/C7H13NO3.C2H6/c1-5(2)7(11)8-4-3-6(9)10;1-2/h5H,3-4H2,1-2H3,(H,8,11)(H,9,10);1-2H3. The molecule has 13 heavy (non-hydrogen) atoms. The number of carboxylic acids is 1. The first-order chi connectivity index (χ1) is 6.04. The number of rotatable bonds is 4. The fourth-order valence-electron chi connectivity index (χ4n) is 0.497. The predicted molar refractivity (Wildman–Crippen MR) is 51.4 cm³/mol. The van der Waals surface area contributed by atoms with Crippen molar-refractivity contribution >= 4 is 11.9 Å². The van der Waals surface area contributed by atoms with Crippen LogP contribution in [0.2, 0.25) is 0 Å². The van der Waals surface area contributed by atoms with Gasteiger partial charge < -0.3 is 10.4 Å². The van der Waals surface area contributed by atoms with Crippen molar-refractivity contribution in [3.8, 4) is 0 Å². The summed E-state index contributed by atoms with van der Waals surface area (Å²) in [5, 5.41) is 10.7. The molecule has 0 fully saturated rings. The lowest BCUT2D eigenvalue weighted by molar-refractivity contribution is -0.137. The zero-order valence-corrected chi connectivity index (χ0v) is 8.76. The third-order valence-electron chi connectivity index (χ3n) is 1.16. The highest BCUT2D eigenvalue weighted by Crippen LogP contribution is 1.89. The van der Waals surface area contributed by atoms with Crippen LogP contribution in [0.3, 0.4) is 0 Å². The van der Waals surface area contributed by atoms with E-state index in [2.05, 4.69) is 5.32 Å². The normalized spacial score (nSPS) is 8.69. The molecule has 0 bridgehead atoms. The van der Waals surface area contributed by atoms with E-state index in [4.69, 9.17) is 5.11 Å². The molecule has 0 aliphatic rings. The molecule has 0 aliphatic heterocycles. The number of nitrogens with one attached hydrogen (secondary N) is 1. The lowest BCUT2D eigenvalue weighted by Crippen LogP contribution is -2.29. The molecule has 0 saturated carbocycles. The Kier molecular flexibility index (Phi) is 10.0. The number of carbonyl (C=O) groups excluding carboxylic acids is 1. The maximum Gasteiger partial charge on any atom is 0.305 e. The Hall–Kier alpha value is -1.06. The number of carboxylic acid groups (broad SMARTS) is 1. The van der Waals surface area contributed by atoms with E-state index in [1.165, 1.54) is 0 Å². The molecule has 0 heterocycles. The Morgan fingerprint density at radius 3 is 2.08 bits per heavy atom. The maximum absolute atomic E-state index is 10.8. The minimum Gasteiger partial charge on any atom is -0.481 e. The second-order valence-electron chi connectivity index (χ2n) is 2.59. The van der Waals surface area contributed by atoms with Gasteiger partial charge in [0.15, 0.2) is 0 Å². The van der Waals surface area contributed by atoms with Crippen LogP contribution in [0.5, 0.6) is 0 Å². The van der Waals surface area contributed by atoms with Crippen LogP contribution in [0.15, 0.2) is 0 Å². The maximum atomic E-state index is 10.8. The average Bonchev–Trinajstić information content (AvgIpc) is 2.07. The first-order valence-electron chi connectivity index (χ1n) is 4.53. The summed E-state index contributed by atoms with van der Waals surface area (Å²) in [6.07, 6.45) is -0.0154. The summed E-state index contributed by atoms with van der Waals surface area (Å²) in [5.74, 6) is -1.08. The molecule has 0 atom stereocenters. The molecule has 0 aromatic carbocycles. The number of hydrogen-bond acceptors (Lipinski definition) is 2. The van der Waals surface area contributed by atoms with Crippen molar-refractivity contribution in [3.63, 3.8) is 0 Å². The van der Waals surface area contributed by atoms with E-state index in [1.807, 2.05) is 13.8 Å². The van der Waals surface area contributed by atoms with Gasteiger partial charge in [0, 0.05) is 12.5 Å². The largest absolute Gasteiger partial charge is 0.481 e. The van der Waals surface area contributed by atoms with E-state index in [-0.39, 0.29) is 24.8 Å². The van der Waals surface area contributed by atoms with Gasteiger partial charge in [-0.15, -0.1) is 0 Å². The molecule has 2 N–H and O–H groups in total. The molecule has 78 valence electrons.